The smallest absolute Gasteiger partial charge is 0.0409 e. The summed E-state index contributed by atoms with van der Waals surface area (Å²) in [7, 11) is 2.20. The Kier molecular flexibility index (Phi) is 6.93. The average molecular weight is 262 g/mol. The number of anilines is 1. The van der Waals surface area contributed by atoms with Crippen LogP contribution in [0.25, 0.3) is 0 Å². The normalized spacial score (nSPS) is 12.7. The molecule has 0 aliphatic rings. The van der Waals surface area contributed by atoms with Gasteiger partial charge in [0.2, 0.25) is 0 Å². The minimum absolute atomic E-state index is 0.699. The molecule has 0 saturated heterocycles. The molecule has 1 aromatic carbocycles. The van der Waals surface area contributed by atoms with Gasteiger partial charge in [0.25, 0.3) is 0 Å². The Labute approximate surface area is 119 Å². The summed E-state index contributed by atoms with van der Waals surface area (Å²) in [6, 6.07) is 8.73. The van der Waals surface area contributed by atoms with Gasteiger partial charge >= 0.3 is 0 Å². The van der Waals surface area contributed by atoms with Gasteiger partial charge in [-0.15, -0.1) is 0 Å². The maximum absolute atomic E-state index is 3.54. The van der Waals surface area contributed by atoms with Crippen molar-refractivity contribution in [2.45, 2.75) is 40.7 Å². The molecule has 1 N–H and O–H groups in total. The molecule has 1 atom stereocenters. The second-order valence-electron chi connectivity index (χ2n) is 6.05. The highest BCUT2D eigenvalue weighted by Gasteiger charge is 2.09. The van der Waals surface area contributed by atoms with E-state index in [2.05, 4.69) is 69.2 Å². The molecule has 0 spiro atoms. The number of rotatable bonds is 8. The summed E-state index contributed by atoms with van der Waals surface area (Å²) in [4.78, 5) is 2.39. The molecule has 1 rings (SSSR count). The first-order chi connectivity index (χ1) is 9.04. The molecular weight excluding hydrogens is 232 g/mol. The lowest BCUT2D eigenvalue weighted by atomic mass is 10.1. The Morgan fingerprint density at radius 3 is 2.47 bits per heavy atom. The molecule has 1 unspecified atom stereocenters. The molecule has 0 aliphatic carbocycles. The molecule has 0 heterocycles. The molecule has 0 radical (unpaired) electrons. The van der Waals surface area contributed by atoms with Crippen molar-refractivity contribution in [2.24, 2.45) is 11.8 Å². The SMILES string of the molecule is CCC(C)CN(C)c1ccccc1CNCC(C)C. The lowest BCUT2D eigenvalue weighted by Crippen LogP contribution is -2.26. The fourth-order valence-electron chi connectivity index (χ4n) is 2.22. The Morgan fingerprint density at radius 1 is 1.16 bits per heavy atom. The van der Waals surface area contributed by atoms with Crippen molar-refractivity contribution < 1.29 is 0 Å². The van der Waals surface area contributed by atoms with Crippen molar-refractivity contribution >= 4 is 5.69 Å². The molecular formula is C17H30N2. The number of hydrogen-bond acceptors (Lipinski definition) is 2. The van der Waals surface area contributed by atoms with E-state index in [0.717, 1.165) is 25.6 Å². The Bertz CT molecular complexity index is 360. The predicted molar refractivity (Wildman–Crippen MR) is 85.7 cm³/mol. The lowest BCUT2D eigenvalue weighted by Gasteiger charge is -2.25. The van der Waals surface area contributed by atoms with Crippen molar-refractivity contribution in [3.05, 3.63) is 29.8 Å². The zero-order valence-electron chi connectivity index (χ0n) is 13.2. The summed E-state index contributed by atoms with van der Waals surface area (Å²) in [5.41, 5.74) is 2.76. The molecule has 108 valence electrons. The van der Waals surface area contributed by atoms with Gasteiger partial charge in [0.05, 0.1) is 0 Å². The van der Waals surface area contributed by atoms with E-state index < -0.39 is 0 Å². The van der Waals surface area contributed by atoms with Gasteiger partial charge in [-0.3, -0.25) is 0 Å². The van der Waals surface area contributed by atoms with Gasteiger partial charge in [0.1, 0.15) is 0 Å². The molecule has 0 saturated carbocycles. The van der Waals surface area contributed by atoms with Crippen LogP contribution >= 0.6 is 0 Å². The highest BCUT2D eigenvalue weighted by Crippen LogP contribution is 2.20. The van der Waals surface area contributed by atoms with E-state index in [1.54, 1.807) is 0 Å². The fraction of sp³-hybridized carbons (Fsp3) is 0.647. The van der Waals surface area contributed by atoms with Crippen LogP contribution in [0.1, 0.15) is 39.7 Å². The van der Waals surface area contributed by atoms with E-state index in [4.69, 9.17) is 0 Å². The average Bonchev–Trinajstić information content (AvgIpc) is 2.38. The number of nitrogens with zero attached hydrogens (tertiary/aromatic N) is 1. The van der Waals surface area contributed by atoms with Crippen molar-refractivity contribution in [1.29, 1.82) is 0 Å². The number of para-hydroxylation sites is 1. The maximum atomic E-state index is 3.54. The second kappa shape index (κ2) is 8.21. The van der Waals surface area contributed by atoms with Crippen LogP contribution in [0.5, 0.6) is 0 Å². The van der Waals surface area contributed by atoms with Crippen molar-refractivity contribution in [3.63, 3.8) is 0 Å². The summed E-state index contributed by atoms with van der Waals surface area (Å²) < 4.78 is 0. The summed E-state index contributed by atoms with van der Waals surface area (Å²) in [5.74, 6) is 1.44. The van der Waals surface area contributed by atoms with Gasteiger partial charge in [-0.05, 0) is 30.0 Å². The predicted octanol–water partition coefficient (Wildman–Crippen LogP) is 3.91. The minimum atomic E-state index is 0.699. The van der Waals surface area contributed by atoms with Gasteiger partial charge in [-0.25, -0.2) is 0 Å². The number of nitrogens with one attached hydrogen (secondary N) is 1. The van der Waals surface area contributed by atoms with Crippen LogP contribution in [-0.2, 0) is 6.54 Å². The third-order valence-corrected chi connectivity index (χ3v) is 3.55. The van der Waals surface area contributed by atoms with Crippen LogP contribution < -0.4 is 10.2 Å². The van der Waals surface area contributed by atoms with Crippen molar-refractivity contribution in [1.82, 2.24) is 5.32 Å². The summed E-state index contributed by atoms with van der Waals surface area (Å²) in [6.07, 6.45) is 1.23. The molecule has 2 heteroatoms. The fourth-order valence-corrected chi connectivity index (χ4v) is 2.22. The standard InChI is InChI=1S/C17H30N2/c1-6-15(4)13-19(5)17-10-8-7-9-16(17)12-18-11-14(2)3/h7-10,14-15,18H,6,11-13H2,1-5H3. The first-order valence-electron chi connectivity index (χ1n) is 7.54. The van der Waals surface area contributed by atoms with Gasteiger partial charge < -0.3 is 10.2 Å². The molecule has 0 bridgehead atoms. The highest BCUT2D eigenvalue weighted by molar-refractivity contribution is 5.53. The van der Waals surface area contributed by atoms with Gasteiger partial charge in [0, 0.05) is 25.8 Å². The Balaban J connectivity index is 2.66. The molecule has 1 aromatic rings. The third kappa shape index (κ3) is 5.65. The summed E-state index contributed by atoms with van der Waals surface area (Å²) in [5, 5.41) is 3.54. The van der Waals surface area contributed by atoms with Crippen molar-refractivity contribution in [3.8, 4) is 0 Å². The first-order valence-corrected chi connectivity index (χ1v) is 7.54. The Morgan fingerprint density at radius 2 is 1.84 bits per heavy atom. The molecule has 2 nitrogen and oxygen atoms in total. The number of hydrogen-bond donors (Lipinski definition) is 1. The second-order valence-corrected chi connectivity index (χ2v) is 6.05. The van der Waals surface area contributed by atoms with Crippen LogP contribution in [0.4, 0.5) is 5.69 Å². The van der Waals surface area contributed by atoms with Crippen LogP contribution in [-0.4, -0.2) is 20.1 Å². The maximum Gasteiger partial charge on any atom is 0.0409 e. The van der Waals surface area contributed by atoms with E-state index in [9.17, 15) is 0 Å². The molecule has 19 heavy (non-hydrogen) atoms. The van der Waals surface area contributed by atoms with Crippen LogP contribution in [0.3, 0.4) is 0 Å². The number of benzene rings is 1. The zero-order valence-corrected chi connectivity index (χ0v) is 13.2. The molecule has 0 aromatic heterocycles. The largest absolute Gasteiger partial charge is 0.374 e. The van der Waals surface area contributed by atoms with E-state index in [0.29, 0.717) is 5.92 Å². The van der Waals surface area contributed by atoms with Crippen LogP contribution in [0.15, 0.2) is 24.3 Å². The summed E-state index contributed by atoms with van der Waals surface area (Å²) >= 11 is 0. The molecule has 0 fully saturated rings. The minimum Gasteiger partial charge on any atom is -0.374 e. The van der Waals surface area contributed by atoms with Crippen LogP contribution in [0.2, 0.25) is 0 Å². The first kappa shape index (κ1) is 16.0. The Hall–Kier alpha value is -1.02. The monoisotopic (exact) mass is 262 g/mol. The highest BCUT2D eigenvalue weighted by atomic mass is 15.1. The third-order valence-electron chi connectivity index (χ3n) is 3.55. The van der Waals surface area contributed by atoms with Crippen molar-refractivity contribution in [2.75, 3.05) is 25.0 Å². The summed E-state index contributed by atoms with van der Waals surface area (Å²) in [6.45, 7) is 12.2. The van der Waals surface area contributed by atoms with E-state index in [1.165, 1.54) is 17.7 Å². The topological polar surface area (TPSA) is 15.3 Å². The van der Waals surface area contributed by atoms with E-state index in [-0.39, 0.29) is 0 Å². The lowest BCUT2D eigenvalue weighted by molar-refractivity contribution is 0.546. The zero-order chi connectivity index (χ0) is 14.3. The van der Waals surface area contributed by atoms with Crippen LogP contribution in [0, 0.1) is 11.8 Å². The van der Waals surface area contributed by atoms with Gasteiger partial charge in [-0.2, -0.15) is 0 Å². The molecule has 0 amide bonds. The quantitative estimate of drug-likeness (QED) is 0.764. The van der Waals surface area contributed by atoms with Gasteiger partial charge in [0.15, 0.2) is 0 Å². The molecule has 0 aliphatic heterocycles. The van der Waals surface area contributed by atoms with Gasteiger partial charge in [-0.1, -0.05) is 52.3 Å². The van der Waals surface area contributed by atoms with E-state index >= 15 is 0 Å². The van der Waals surface area contributed by atoms with E-state index in [1.807, 2.05) is 0 Å².